The Balaban J connectivity index is 1.31. The van der Waals surface area contributed by atoms with Gasteiger partial charge in [-0.1, -0.05) is 29.5 Å². The summed E-state index contributed by atoms with van der Waals surface area (Å²) in [6.07, 6.45) is 1.96. The van der Waals surface area contributed by atoms with E-state index in [0.29, 0.717) is 16.0 Å². The molecule has 0 radical (unpaired) electrons. The van der Waals surface area contributed by atoms with E-state index in [1.54, 1.807) is 6.07 Å². The number of para-hydroxylation sites is 1. The first-order valence-electron chi connectivity index (χ1n) is 8.30. The van der Waals surface area contributed by atoms with Gasteiger partial charge in [-0.15, -0.1) is 0 Å². The summed E-state index contributed by atoms with van der Waals surface area (Å²) < 4.78 is 11.1. The van der Waals surface area contributed by atoms with Gasteiger partial charge in [0.25, 0.3) is 0 Å². The second-order valence-electron chi connectivity index (χ2n) is 6.27. The molecule has 3 saturated heterocycles. The largest absolute Gasteiger partial charge is 0.447 e. The maximum atomic E-state index is 12.1. The van der Waals surface area contributed by atoms with Gasteiger partial charge in [0, 0.05) is 12.6 Å². The van der Waals surface area contributed by atoms with Gasteiger partial charge in [0.05, 0.1) is 0 Å². The van der Waals surface area contributed by atoms with E-state index in [-0.39, 0.29) is 12.1 Å². The molecular weight excluding hydrogens is 324 g/mol. The number of nitrogens with zero attached hydrogens (tertiary/aromatic N) is 1. The lowest BCUT2D eigenvalue weighted by molar-refractivity contribution is 0.0726. The molecule has 3 fully saturated rings. The predicted octanol–water partition coefficient (Wildman–Crippen LogP) is 3.72. The van der Waals surface area contributed by atoms with Crippen molar-refractivity contribution in [1.82, 2.24) is 10.2 Å². The Labute approximate surface area is 145 Å². The van der Waals surface area contributed by atoms with Crippen LogP contribution in [0.25, 0.3) is 0 Å². The number of piperidine rings is 3. The number of nitrogens with one attached hydrogen (secondary N) is 1. The van der Waals surface area contributed by atoms with Gasteiger partial charge in [-0.3, -0.25) is 0 Å². The van der Waals surface area contributed by atoms with Crippen LogP contribution in [0, 0.1) is 5.92 Å². The molecule has 3 aliphatic heterocycles. The zero-order chi connectivity index (χ0) is 16.4. The SMILES string of the molecule is O=C(N[C@H]1CN2CCC1CC2)Oc1ccc(Oc2ccccc2)s1. The Morgan fingerprint density at radius 1 is 1.08 bits per heavy atom. The van der Waals surface area contributed by atoms with Crippen molar-refractivity contribution in [3.05, 3.63) is 42.5 Å². The lowest BCUT2D eigenvalue weighted by Gasteiger charge is -2.44. The third-order valence-electron chi connectivity index (χ3n) is 4.67. The number of fused-ring (bicyclic) bond motifs is 3. The Kier molecular flexibility index (Phi) is 4.40. The highest BCUT2D eigenvalue weighted by molar-refractivity contribution is 7.15. The summed E-state index contributed by atoms with van der Waals surface area (Å²) in [4.78, 5) is 14.5. The molecule has 5 rings (SSSR count). The van der Waals surface area contributed by atoms with Crippen molar-refractivity contribution in [2.75, 3.05) is 19.6 Å². The number of carbonyl (C=O) groups excluding carboxylic acids is 1. The molecule has 4 heterocycles. The highest BCUT2D eigenvalue weighted by Gasteiger charge is 2.35. The quantitative estimate of drug-likeness (QED) is 0.918. The summed E-state index contributed by atoms with van der Waals surface area (Å²) >= 11 is 1.32. The van der Waals surface area contributed by atoms with E-state index >= 15 is 0 Å². The zero-order valence-electron chi connectivity index (χ0n) is 13.3. The van der Waals surface area contributed by atoms with Gasteiger partial charge in [0.1, 0.15) is 5.75 Å². The fourth-order valence-corrected chi connectivity index (χ4v) is 4.14. The van der Waals surface area contributed by atoms with E-state index in [0.717, 1.165) is 25.4 Å². The summed E-state index contributed by atoms with van der Waals surface area (Å²) in [5, 5.41) is 4.26. The molecule has 1 N–H and O–H groups in total. The van der Waals surface area contributed by atoms with Gasteiger partial charge in [-0.05, 0) is 56.1 Å². The van der Waals surface area contributed by atoms with Crippen molar-refractivity contribution in [2.45, 2.75) is 18.9 Å². The van der Waals surface area contributed by atoms with Gasteiger partial charge in [0.15, 0.2) is 10.1 Å². The lowest BCUT2D eigenvalue weighted by Crippen LogP contribution is -2.57. The summed E-state index contributed by atoms with van der Waals surface area (Å²) in [6.45, 7) is 3.25. The first-order valence-corrected chi connectivity index (χ1v) is 9.11. The van der Waals surface area contributed by atoms with E-state index in [2.05, 4.69) is 10.2 Å². The monoisotopic (exact) mass is 344 g/mol. The summed E-state index contributed by atoms with van der Waals surface area (Å²) in [5.41, 5.74) is 0. The number of rotatable bonds is 4. The minimum Gasteiger partial charge on any atom is -0.447 e. The number of benzene rings is 1. The van der Waals surface area contributed by atoms with Gasteiger partial charge < -0.3 is 19.7 Å². The van der Waals surface area contributed by atoms with Crippen molar-refractivity contribution < 1.29 is 14.3 Å². The Morgan fingerprint density at radius 3 is 2.54 bits per heavy atom. The minimum absolute atomic E-state index is 0.208. The van der Waals surface area contributed by atoms with Crippen LogP contribution >= 0.6 is 11.3 Å². The van der Waals surface area contributed by atoms with Crippen LogP contribution in [-0.4, -0.2) is 36.7 Å². The highest BCUT2D eigenvalue weighted by Crippen LogP contribution is 2.34. The predicted molar refractivity (Wildman–Crippen MR) is 92.9 cm³/mol. The van der Waals surface area contributed by atoms with Crippen LogP contribution in [-0.2, 0) is 0 Å². The molecule has 126 valence electrons. The van der Waals surface area contributed by atoms with E-state index in [1.807, 2.05) is 36.4 Å². The van der Waals surface area contributed by atoms with Crippen LogP contribution < -0.4 is 14.8 Å². The van der Waals surface area contributed by atoms with Crippen LogP contribution in [0.2, 0.25) is 0 Å². The van der Waals surface area contributed by atoms with Crippen molar-refractivity contribution in [1.29, 1.82) is 0 Å². The standard InChI is InChI=1S/C18H20N2O3S/c21-18(19-15-12-20-10-8-13(15)9-11-20)23-17-7-6-16(24-17)22-14-4-2-1-3-5-14/h1-7,13,15H,8-12H2,(H,19,21)/t15-/m0/s1. The fourth-order valence-electron chi connectivity index (χ4n) is 3.42. The van der Waals surface area contributed by atoms with E-state index < -0.39 is 0 Å². The molecular formula is C18H20N2O3S. The van der Waals surface area contributed by atoms with Crippen molar-refractivity contribution in [3.8, 4) is 15.9 Å². The highest BCUT2D eigenvalue weighted by atomic mass is 32.1. The number of hydrogen-bond acceptors (Lipinski definition) is 5. The van der Waals surface area contributed by atoms with Crippen molar-refractivity contribution in [2.24, 2.45) is 5.92 Å². The van der Waals surface area contributed by atoms with Gasteiger partial charge in [-0.25, -0.2) is 4.79 Å². The molecule has 1 amide bonds. The number of thiophene rings is 1. The normalized spacial score (nSPS) is 25.2. The minimum atomic E-state index is -0.373. The maximum Gasteiger partial charge on any atom is 0.413 e. The lowest BCUT2D eigenvalue weighted by atomic mass is 9.84. The van der Waals surface area contributed by atoms with Gasteiger partial charge >= 0.3 is 6.09 Å². The molecule has 24 heavy (non-hydrogen) atoms. The second-order valence-corrected chi connectivity index (χ2v) is 7.28. The summed E-state index contributed by atoms with van der Waals surface area (Å²) in [5.74, 6) is 1.35. The van der Waals surface area contributed by atoms with Gasteiger partial charge in [0.2, 0.25) is 0 Å². The number of ether oxygens (including phenoxy) is 2. The zero-order valence-corrected chi connectivity index (χ0v) is 14.1. The number of amides is 1. The third kappa shape index (κ3) is 3.55. The van der Waals surface area contributed by atoms with E-state index in [9.17, 15) is 4.79 Å². The van der Waals surface area contributed by atoms with Crippen LogP contribution in [0.1, 0.15) is 12.8 Å². The van der Waals surface area contributed by atoms with E-state index in [1.165, 1.54) is 24.2 Å². The van der Waals surface area contributed by atoms with Crippen LogP contribution in [0.5, 0.6) is 15.9 Å². The Bertz CT molecular complexity index is 695. The van der Waals surface area contributed by atoms with Crippen LogP contribution in [0.3, 0.4) is 0 Å². The molecule has 1 aromatic carbocycles. The average Bonchev–Trinajstić information content (AvgIpc) is 3.03. The molecule has 0 spiro atoms. The maximum absolute atomic E-state index is 12.1. The average molecular weight is 344 g/mol. The van der Waals surface area contributed by atoms with E-state index in [4.69, 9.17) is 9.47 Å². The summed E-state index contributed by atoms with van der Waals surface area (Å²) in [7, 11) is 0. The van der Waals surface area contributed by atoms with Crippen molar-refractivity contribution >= 4 is 17.4 Å². The molecule has 1 atom stereocenters. The number of carbonyl (C=O) groups is 1. The second kappa shape index (κ2) is 6.83. The number of hydrogen-bond donors (Lipinski definition) is 1. The molecule has 2 bridgehead atoms. The molecule has 0 unspecified atom stereocenters. The fraction of sp³-hybridized carbons (Fsp3) is 0.389. The Hall–Kier alpha value is -2.05. The third-order valence-corrected chi connectivity index (χ3v) is 5.51. The molecule has 3 aliphatic rings. The Morgan fingerprint density at radius 2 is 1.83 bits per heavy atom. The van der Waals surface area contributed by atoms with Crippen LogP contribution in [0.4, 0.5) is 4.79 Å². The molecule has 0 saturated carbocycles. The molecule has 1 aromatic heterocycles. The first-order chi connectivity index (χ1) is 11.8. The van der Waals surface area contributed by atoms with Gasteiger partial charge in [-0.2, -0.15) is 0 Å². The molecule has 5 nitrogen and oxygen atoms in total. The molecule has 6 heteroatoms. The topological polar surface area (TPSA) is 50.8 Å². The van der Waals surface area contributed by atoms with Crippen molar-refractivity contribution in [3.63, 3.8) is 0 Å². The molecule has 0 aliphatic carbocycles. The summed E-state index contributed by atoms with van der Waals surface area (Å²) in [6, 6.07) is 13.3. The molecule has 2 aromatic rings. The smallest absolute Gasteiger partial charge is 0.413 e. The van der Waals surface area contributed by atoms with Crippen LogP contribution in [0.15, 0.2) is 42.5 Å². The first kappa shape index (κ1) is 15.5.